The summed E-state index contributed by atoms with van der Waals surface area (Å²) in [5, 5.41) is 26.6. The van der Waals surface area contributed by atoms with Gasteiger partial charge in [0.1, 0.15) is 18.1 Å². The molecule has 0 aliphatic rings. The number of fused-ring (bicyclic) bond motifs is 1. The molecule has 0 saturated heterocycles. The van der Waals surface area contributed by atoms with Crippen LogP contribution in [0.1, 0.15) is 31.2 Å². The van der Waals surface area contributed by atoms with Crippen molar-refractivity contribution in [2.45, 2.75) is 56.3 Å². The molecule has 4 atom stereocenters. The summed E-state index contributed by atoms with van der Waals surface area (Å²) in [6.07, 6.45) is 2.15. The van der Waals surface area contributed by atoms with Crippen LogP contribution in [0.5, 0.6) is 0 Å². The molecule has 1 aromatic carbocycles. The molecule has 1 aromatic heterocycles. The van der Waals surface area contributed by atoms with Crippen molar-refractivity contribution in [1.29, 1.82) is 0 Å². The van der Waals surface area contributed by atoms with Crippen LogP contribution in [0.15, 0.2) is 30.5 Å². The number of aromatic nitrogens is 1. The average molecular weight is 579 g/mol. The molecule has 0 spiro atoms. The van der Waals surface area contributed by atoms with Gasteiger partial charge in [-0.05, 0) is 36.5 Å². The number of para-hydroxylation sites is 1. The zero-order valence-corrected chi connectivity index (χ0v) is 22.7. The normalized spacial score (nSPS) is 13.9. The molecular formula is C25H34N6O8S. The minimum Gasteiger partial charge on any atom is -0.481 e. The van der Waals surface area contributed by atoms with Crippen molar-refractivity contribution >= 4 is 58.2 Å². The molecule has 40 heavy (non-hydrogen) atoms. The lowest BCUT2D eigenvalue weighted by Gasteiger charge is -2.24. The van der Waals surface area contributed by atoms with Gasteiger partial charge in [0.2, 0.25) is 23.6 Å². The lowest BCUT2D eigenvalue weighted by molar-refractivity contribution is -0.142. The molecule has 4 unspecified atom stereocenters. The molecule has 0 fully saturated rings. The summed E-state index contributed by atoms with van der Waals surface area (Å²) in [6.45, 7) is 0. The Hall–Kier alpha value is -4.11. The Labute approximate surface area is 234 Å². The smallest absolute Gasteiger partial charge is 0.326 e. The van der Waals surface area contributed by atoms with Crippen LogP contribution in [0.25, 0.3) is 10.9 Å². The van der Waals surface area contributed by atoms with E-state index < -0.39 is 72.6 Å². The number of carbonyl (C=O) groups is 6. The number of primary amides is 1. The number of nitrogens with two attached hydrogens (primary N) is 2. The molecule has 4 amide bonds. The van der Waals surface area contributed by atoms with Crippen LogP contribution in [-0.4, -0.2) is 86.9 Å². The monoisotopic (exact) mass is 578 g/mol. The highest BCUT2D eigenvalue weighted by Gasteiger charge is 2.32. The van der Waals surface area contributed by atoms with E-state index in [1.165, 1.54) is 11.8 Å². The van der Waals surface area contributed by atoms with Crippen LogP contribution < -0.4 is 27.4 Å². The third-order valence-electron chi connectivity index (χ3n) is 6.00. The summed E-state index contributed by atoms with van der Waals surface area (Å²) in [5.74, 6) is -5.63. The van der Waals surface area contributed by atoms with Gasteiger partial charge in [-0.25, -0.2) is 4.79 Å². The summed E-state index contributed by atoms with van der Waals surface area (Å²) in [6, 6.07) is 1.81. The molecule has 1 heterocycles. The average Bonchev–Trinajstić information content (AvgIpc) is 3.30. The van der Waals surface area contributed by atoms with E-state index in [1.54, 1.807) is 30.5 Å². The van der Waals surface area contributed by atoms with Crippen LogP contribution >= 0.6 is 11.8 Å². The summed E-state index contributed by atoms with van der Waals surface area (Å²) in [7, 11) is 0. The fraction of sp³-hybridized carbons (Fsp3) is 0.440. The van der Waals surface area contributed by atoms with Gasteiger partial charge in [-0.1, -0.05) is 18.2 Å². The molecule has 0 bridgehead atoms. The number of hydrogen-bond acceptors (Lipinski definition) is 8. The van der Waals surface area contributed by atoms with Crippen LogP contribution in [0.3, 0.4) is 0 Å². The number of hydrogen-bond donors (Lipinski definition) is 8. The maximum atomic E-state index is 13.0. The first-order chi connectivity index (χ1) is 18.9. The van der Waals surface area contributed by atoms with Crippen molar-refractivity contribution in [3.63, 3.8) is 0 Å². The number of carboxylic acid groups (broad SMARTS) is 2. The first-order valence-electron chi connectivity index (χ1n) is 12.4. The van der Waals surface area contributed by atoms with Gasteiger partial charge in [0.05, 0.1) is 12.5 Å². The second kappa shape index (κ2) is 15.5. The molecule has 0 radical (unpaired) electrons. The highest BCUT2D eigenvalue weighted by atomic mass is 32.2. The number of rotatable bonds is 17. The van der Waals surface area contributed by atoms with Crippen LogP contribution in [0, 0.1) is 0 Å². The van der Waals surface area contributed by atoms with Gasteiger partial charge >= 0.3 is 11.9 Å². The Bertz CT molecular complexity index is 1230. The fourth-order valence-corrected chi connectivity index (χ4v) is 4.36. The van der Waals surface area contributed by atoms with Crippen molar-refractivity contribution < 1.29 is 39.0 Å². The SMILES string of the molecule is CSCCC(N)C(=O)NC(CCC(=O)O)C(=O)NC(CC(N)=O)C(=O)NC(Cc1c[nH]c2ccccc12)C(=O)O. The summed E-state index contributed by atoms with van der Waals surface area (Å²) in [4.78, 5) is 76.3. The number of carbonyl (C=O) groups excluding carboxylic acids is 4. The van der Waals surface area contributed by atoms with Crippen molar-refractivity contribution in [1.82, 2.24) is 20.9 Å². The molecule has 14 nitrogen and oxygen atoms in total. The lowest BCUT2D eigenvalue weighted by atomic mass is 10.0. The Morgan fingerprint density at radius 1 is 0.925 bits per heavy atom. The van der Waals surface area contributed by atoms with Gasteiger partial charge < -0.3 is 42.6 Å². The van der Waals surface area contributed by atoms with Gasteiger partial charge in [0.25, 0.3) is 0 Å². The molecular weight excluding hydrogens is 544 g/mol. The third-order valence-corrected chi connectivity index (χ3v) is 6.65. The van der Waals surface area contributed by atoms with E-state index in [0.717, 1.165) is 10.9 Å². The van der Waals surface area contributed by atoms with Crippen LogP contribution in [0.4, 0.5) is 0 Å². The lowest BCUT2D eigenvalue weighted by Crippen LogP contribution is -2.58. The topological polar surface area (TPSA) is 247 Å². The van der Waals surface area contributed by atoms with E-state index in [0.29, 0.717) is 17.7 Å². The zero-order chi connectivity index (χ0) is 29.8. The molecule has 218 valence electrons. The number of thioether (sulfide) groups is 1. The van der Waals surface area contributed by atoms with Crippen molar-refractivity contribution in [2.24, 2.45) is 11.5 Å². The maximum Gasteiger partial charge on any atom is 0.326 e. The predicted octanol–water partition coefficient (Wildman–Crippen LogP) is -0.930. The largest absolute Gasteiger partial charge is 0.481 e. The zero-order valence-electron chi connectivity index (χ0n) is 21.8. The van der Waals surface area contributed by atoms with E-state index in [2.05, 4.69) is 20.9 Å². The molecule has 10 N–H and O–H groups in total. The van der Waals surface area contributed by atoms with Gasteiger partial charge in [-0.15, -0.1) is 0 Å². The Morgan fingerprint density at radius 3 is 2.17 bits per heavy atom. The van der Waals surface area contributed by atoms with Gasteiger partial charge in [-0.2, -0.15) is 11.8 Å². The standard InChI is InChI=1S/C25H34N6O8S/c1-40-9-8-15(26)22(35)29-17(6-7-21(33)34)23(36)30-18(11-20(27)32)24(37)31-19(25(38)39)10-13-12-28-16-5-3-2-4-14(13)16/h2-5,12,15,17-19,28H,6-11,26H2,1H3,(H2,27,32)(H,29,35)(H,30,36)(H,31,37)(H,33,34)(H,38,39). The molecule has 2 rings (SSSR count). The molecule has 0 aliphatic heterocycles. The number of amides is 4. The van der Waals surface area contributed by atoms with Crippen molar-refractivity contribution in [3.05, 3.63) is 36.0 Å². The van der Waals surface area contributed by atoms with E-state index in [1.807, 2.05) is 6.26 Å². The van der Waals surface area contributed by atoms with Crippen LogP contribution in [-0.2, 0) is 35.2 Å². The number of H-pyrrole nitrogens is 1. The highest BCUT2D eigenvalue weighted by molar-refractivity contribution is 7.98. The Kier molecular flexibility index (Phi) is 12.4. The predicted molar refractivity (Wildman–Crippen MR) is 147 cm³/mol. The van der Waals surface area contributed by atoms with Gasteiger partial charge in [0.15, 0.2) is 0 Å². The maximum absolute atomic E-state index is 13.0. The van der Waals surface area contributed by atoms with E-state index >= 15 is 0 Å². The second-order valence-corrected chi connectivity index (χ2v) is 10.1. The third kappa shape index (κ3) is 9.89. The number of carboxylic acids is 2. The minimum absolute atomic E-state index is 0.104. The number of nitrogens with one attached hydrogen (secondary N) is 4. The highest BCUT2D eigenvalue weighted by Crippen LogP contribution is 2.19. The van der Waals surface area contributed by atoms with Crippen LogP contribution in [0.2, 0.25) is 0 Å². The minimum atomic E-state index is -1.59. The first kappa shape index (κ1) is 32.1. The number of benzene rings is 1. The molecule has 0 saturated carbocycles. The molecule has 15 heteroatoms. The van der Waals surface area contributed by atoms with Gasteiger partial charge in [-0.3, -0.25) is 24.0 Å². The first-order valence-corrected chi connectivity index (χ1v) is 13.8. The van der Waals surface area contributed by atoms with Gasteiger partial charge in [0, 0.05) is 29.9 Å². The summed E-state index contributed by atoms with van der Waals surface area (Å²) in [5.41, 5.74) is 12.5. The number of aliphatic carboxylic acids is 2. The Morgan fingerprint density at radius 2 is 1.55 bits per heavy atom. The Balaban J connectivity index is 2.18. The van der Waals surface area contributed by atoms with E-state index in [4.69, 9.17) is 16.6 Å². The van der Waals surface area contributed by atoms with E-state index in [-0.39, 0.29) is 12.8 Å². The molecule has 2 aromatic rings. The fourth-order valence-electron chi connectivity index (χ4n) is 3.87. The molecule has 0 aliphatic carbocycles. The van der Waals surface area contributed by atoms with E-state index in [9.17, 15) is 33.9 Å². The van der Waals surface area contributed by atoms with Crippen molar-refractivity contribution in [3.8, 4) is 0 Å². The number of aromatic amines is 1. The summed E-state index contributed by atoms with van der Waals surface area (Å²) < 4.78 is 0. The quantitative estimate of drug-likeness (QED) is 0.114. The van der Waals surface area contributed by atoms with Crippen molar-refractivity contribution in [2.75, 3.05) is 12.0 Å². The summed E-state index contributed by atoms with van der Waals surface area (Å²) >= 11 is 1.46. The second-order valence-electron chi connectivity index (χ2n) is 9.08.